The minimum atomic E-state index is -0.0662. The summed E-state index contributed by atoms with van der Waals surface area (Å²) in [7, 11) is 1.63. The first-order chi connectivity index (χ1) is 12.7. The van der Waals surface area contributed by atoms with Gasteiger partial charge in [-0.2, -0.15) is 0 Å². The minimum absolute atomic E-state index is 0.0662. The predicted molar refractivity (Wildman–Crippen MR) is 103 cm³/mol. The molecular formula is C21H26N2O3. The third kappa shape index (κ3) is 5.15. The van der Waals surface area contributed by atoms with E-state index in [4.69, 9.17) is 9.47 Å². The fraction of sp³-hybridized carbons (Fsp3) is 0.381. The van der Waals surface area contributed by atoms with Crippen LogP contribution in [0, 0.1) is 0 Å². The molecule has 0 aromatic heterocycles. The van der Waals surface area contributed by atoms with Gasteiger partial charge in [0.2, 0.25) is 5.91 Å². The Hall–Kier alpha value is -2.69. The molecule has 1 amide bonds. The summed E-state index contributed by atoms with van der Waals surface area (Å²) in [5.74, 6) is 1.54. The molecular weight excluding hydrogens is 328 g/mol. The van der Waals surface area contributed by atoms with Crippen molar-refractivity contribution in [2.75, 3.05) is 19.0 Å². The summed E-state index contributed by atoms with van der Waals surface area (Å²) in [5, 5.41) is 6.10. The SMILES string of the molecule is COc1cccc(CNC(=O)CNc2ccccc2OC2CCCC2)c1. The maximum absolute atomic E-state index is 12.2. The molecule has 0 spiro atoms. The van der Waals surface area contributed by atoms with Crippen molar-refractivity contribution in [2.45, 2.75) is 38.3 Å². The van der Waals surface area contributed by atoms with Gasteiger partial charge in [0, 0.05) is 6.54 Å². The standard InChI is InChI=1S/C21H26N2O3/c1-25-18-10-6-7-16(13-18)14-23-21(24)15-22-19-11-4-5-12-20(19)26-17-8-2-3-9-17/h4-7,10-13,17,22H,2-3,8-9,14-15H2,1H3,(H,23,24). The molecule has 1 fully saturated rings. The average Bonchev–Trinajstić information content (AvgIpc) is 3.19. The molecule has 0 saturated heterocycles. The number of methoxy groups -OCH3 is 1. The van der Waals surface area contributed by atoms with E-state index in [-0.39, 0.29) is 12.5 Å². The number of carbonyl (C=O) groups is 1. The van der Waals surface area contributed by atoms with Crippen molar-refractivity contribution in [3.8, 4) is 11.5 Å². The van der Waals surface area contributed by atoms with Crippen molar-refractivity contribution in [3.63, 3.8) is 0 Å². The molecule has 26 heavy (non-hydrogen) atoms. The molecule has 1 saturated carbocycles. The number of para-hydroxylation sites is 2. The Morgan fingerprint density at radius 3 is 2.73 bits per heavy atom. The zero-order valence-corrected chi connectivity index (χ0v) is 15.2. The molecule has 2 aromatic carbocycles. The highest BCUT2D eigenvalue weighted by atomic mass is 16.5. The summed E-state index contributed by atoms with van der Waals surface area (Å²) in [4.78, 5) is 12.2. The van der Waals surface area contributed by atoms with Gasteiger partial charge in [-0.05, 0) is 55.5 Å². The highest BCUT2D eigenvalue weighted by molar-refractivity contribution is 5.81. The van der Waals surface area contributed by atoms with Crippen LogP contribution in [0.4, 0.5) is 5.69 Å². The molecule has 0 atom stereocenters. The number of hydrogen-bond donors (Lipinski definition) is 2. The maximum atomic E-state index is 12.2. The molecule has 0 bridgehead atoms. The number of rotatable bonds is 8. The van der Waals surface area contributed by atoms with Crippen LogP contribution in [-0.4, -0.2) is 25.7 Å². The minimum Gasteiger partial charge on any atom is -0.497 e. The van der Waals surface area contributed by atoms with Crippen LogP contribution in [0.15, 0.2) is 48.5 Å². The van der Waals surface area contributed by atoms with E-state index >= 15 is 0 Å². The molecule has 0 unspecified atom stereocenters. The molecule has 2 aromatic rings. The zero-order chi connectivity index (χ0) is 18.2. The Morgan fingerprint density at radius 1 is 1.12 bits per heavy atom. The van der Waals surface area contributed by atoms with Crippen molar-refractivity contribution < 1.29 is 14.3 Å². The van der Waals surface area contributed by atoms with Crippen molar-refractivity contribution in [3.05, 3.63) is 54.1 Å². The van der Waals surface area contributed by atoms with E-state index in [0.717, 1.165) is 35.6 Å². The Kier molecular flexibility index (Phi) is 6.36. The number of anilines is 1. The van der Waals surface area contributed by atoms with Gasteiger partial charge >= 0.3 is 0 Å². The highest BCUT2D eigenvalue weighted by Crippen LogP contribution is 2.29. The lowest BCUT2D eigenvalue weighted by molar-refractivity contribution is -0.119. The molecule has 5 nitrogen and oxygen atoms in total. The average molecular weight is 354 g/mol. The van der Waals surface area contributed by atoms with Gasteiger partial charge < -0.3 is 20.1 Å². The van der Waals surface area contributed by atoms with Crippen LogP contribution in [0.3, 0.4) is 0 Å². The highest BCUT2D eigenvalue weighted by Gasteiger charge is 2.17. The molecule has 1 aliphatic carbocycles. The Labute approximate surface area is 154 Å². The second-order valence-corrected chi connectivity index (χ2v) is 6.50. The van der Waals surface area contributed by atoms with Crippen molar-refractivity contribution in [1.29, 1.82) is 0 Å². The Morgan fingerprint density at radius 2 is 1.92 bits per heavy atom. The van der Waals surface area contributed by atoms with Gasteiger partial charge in [-0.1, -0.05) is 24.3 Å². The normalized spacial score (nSPS) is 14.0. The van der Waals surface area contributed by atoms with E-state index in [9.17, 15) is 4.79 Å². The summed E-state index contributed by atoms with van der Waals surface area (Å²) in [5.41, 5.74) is 1.86. The van der Waals surface area contributed by atoms with E-state index in [1.165, 1.54) is 12.8 Å². The fourth-order valence-corrected chi connectivity index (χ4v) is 3.12. The Balaban J connectivity index is 1.49. The second-order valence-electron chi connectivity index (χ2n) is 6.50. The van der Waals surface area contributed by atoms with Gasteiger partial charge in [-0.15, -0.1) is 0 Å². The van der Waals surface area contributed by atoms with Crippen LogP contribution >= 0.6 is 0 Å². The molecule has 1 aliphatic rings. The summed E-state index contributed by atoms with van der Waals surface area (Å²) in [6, 6.07) is 15.5. The third-order valence-electron chi connectivity index (χ3n) is 4.55. The van der Waals surface area contributed by atoms with Gasteiger partial charge in [0.15, 0.2) is 0 Å². The van der Waals surface area contributed by atoms with Gasteiger partial charge in [-0.25, -0.2) is 0 Å². The number of ether oxygens (including phenoxy) is 2. The first-order valence-electron chi connectivity index (χ1n) is 9.14. The topological polar surface area (TPSA) is 59.6 Å². The molecule has 2 N–H and O–H groups in total. The first-order valence-corrected chi connectivity index (χ1v) is 9.14. The number of carbonyl (C=O) groups excluding carboxylic acids is 1. The lowest BCUT2D eigenvalue weighted by atomic mass is 10.2. The maximum Gasteiger partial charge on any atom is 0.239 e. The van der Waals surface area contributed by atoms with Crippen LogP contribution in [0.25, 0.3) is 0 Å². The number of nitrogens with one attached hydrogen (secondary N) is 2. The number of amides is 1. The van der Waals surface area contributed by atoms with Crippen molar-refractivity contribution in [2.24, 2.45) is 0 Å². The predicted octanol–water partition coefficient (Wildman–Crippen LogP) is 3.74. The van der Waals surface area contributed by atoms with Gasteiger partial charge in [0.25, 0.3) is 0 Å². The summed E-state index contributed by atoms with van der Waals surface area (Å²) >= 11 is 0. The number of benzene rings is 2. The monoisotopic (exact) mass is 354 g/mol. The van der Waals surface area contributed by atoms with Crippen LogP contribution in [0.5, 0.6) is 11.5 Å². The fourth-order valence-electron chi connectivity index (χ4n) is 3.12. The largest absolute Gasteiger partial charge is 0.497 e. The van der Waals surface area contributed by atoms with Crippen molar-refractivity contribution >= 4 is 11.6 Å². The lowest BCUT2D eigenvalue weighted by Gasteiger charge is -2.17. The summed E-state index contributed by atoms with van der Waals surface area (Å²) in [6.45, 7) is 0.674. The van der Waals surface area contributed by atoms with Gasteiger partial charge in [0.05, 0.1) is 25.4 Å². The first kappa shape index (κ1) is 18.1. The molecule has 0 aliphatic heterocycles. The second kappa shape index (κ2) is 9.13. The van der Waals surface area contributed by atoms with Crippen LogP contribution < -0.4 is 20.1 Å². The van der Waals surface area contributed by atoms with E-state index < -0.39 is 0 Å². The van der Waals surface area contributed by atoms with Crippen molar-refractivity contribution in [1.82, 2.24) is 5.32 Å². The molecule has 3 rings (SSSR count). The molecule has 138 valence electrons. The smallest absolute Gasteiger partial charge is 0.239 e. The van der Waals surface area contributed by atoms with Gasteiger partial charge in [-0.3, -0.25) is 4.79 Å². The lowest BCUT2D eigenvalue weighted by Crippen LogP contribution is -2.29. The quantitative estimate of drug-likeness (QED) is 0.758. The van der Waals surface area contributed by atoms with E-state index in [2.05, 4.69) is 10.6 Å². The van der Waals surface area contributed by atoms with Crippen LogP contribution in [0.2, 0.25) is 0 Å². The molecule has 5 heteroatoms. The summed E-state index contributed by atoms with van der Waals surface area (Å²) < 4.78 is 11.3. The third-order valence-corrected chi connectivity index (χ3v) is 4.55. The van der Waals surface area contributed by atoms with Gasteiger partial charge in [0.1, 0.15) is 11.5 Å². The number of hydrogen-bond acceptors (Lipinski definition) is 4. The van der Waals surface area contributed by atoms with E-state index in [1.807, 2.05) is 48.5 Å². The Bertz CT molecular complexity index is 727. The van der Waals surface area contributed by atoms with Crippen LogP contribution in [-0.2, 0) is 11.3 Å². The molecule has 0 heterocycles. The van der Waals surface area contributed by atoms with E-state index in [1.54, 1.807) is 7.11 Å². The van der Waals surface area contributed by atoms with Crippen LogP contribution in [0.1, 0.15) is 31.2 Å². The summed E-state index contributed by atoms with van der Waals surface area (Å²) in [6.07, 6.45) is 4.96. The molecule has 0 radical (unpaired) electrons. The zero-order valence-electron chi connectivity index (χ0n) is 15.2. The van der Waals surface area contributed by atoms with E-state index in [0.29, 0.717) is 12.6 Å².